The van der Waals surface area contributed by atoms with Gasteiger partial charge in [-0.3, -0.25) is 19.6 Å². The number of rotatable bonds is 8. The van der Waals surface area contributed by atoms with E-state index in [4.69, 9.17) is 9.47 Å². The van der Waals surface area contributed by atoms with E-state index in [9.17, 15) is 27.2 Å². The molecule has 2 aliphatic heterocycles. The summed E-state index contributed by atoms with van der Waals surface area (Å²) in [4.78, 5) is 42.3. The van der Waals surface area contributed by atoms with E-state index in [-0.39, 0.29) is 46.4 Å². The Morgan fingerprint density at radius 3 is 1.27 bits per heavy atom. The molecule has 0 fully saturated rings. The van der Waals surface area contributed by atoms with Crippen molar-refractivity contribution in [2.75, 3.05) is 14.2 Å². The van der Waals surface area contributed by atoms with Gasteiger partial charge < -0.3 is 20.1 Å². The Kier molecular flexibility index (Phi) is 10.5. The van der Waals surface area contributed by atoms with Gasteiger partial charge in [-0.1, -0.05) is 12.1 Å². The van der Waals surface area contributed by atoms with Crippen LogP contribution in [-0.2, 0) is 12.8 Å². The van der Waals surface area contributed by atoms with Crippen LogP contribution in [0.1, 0.15) is 80.5 Å². The number of hydrogen-bond acceptors (Lipinski definition) is 8. The number of fused-ring (bicyclic) bond motifs is 2. The number of amides is 2. The van der Waals surface area contributed by atoms with Crippen LogP contribution in [0.15, 0.2) is 85.2 Å². The highest BCUT2D eigenvalue weighted by Gasteiger charge is 2.33. The molecule has 284 valence electrons. The van der Waals surface area contributed by atoms with Crippen molar-refractivity contribution < 1.29 is 36.6 Å². The molecular formula is C42H34F4N6O4. The summed E-state index contributed by atoms with van der Waals surface area (Å²) < 4.78 is 67.5. The minimum Gasteiger partial charge on any atom is -0.495 e. The molecule has 10 nitrogen and oxygen atoms in total. The van der Waals surface area contributed by atoms with Gasteiger partial charge in [0, 0.05) is 24.2 Å². The smallest absolute Gasteiger partial charge is 0.254 e. The summed E-state index contributed by atoms with van der Waals surface area (Å²) in [5.41, 5.74) is 4.34. The normalized spacial score (nSPS) is 15.3. The number of hydrogen-bond donors (Lipinski definition) is 2. The Labute approximate surface area is 319 Å². The first-order valence-electron chi connectivity index (χ1n) is 17.5. The molecule has 14 heteroatoms. The first-order valence-corrected chi connectivity index (χ1v) is 17.5. The second-order valence-corrected chi connectivity index (χ2v) is 13.2. The van der Waals surface area contributed by atoms with E-state index in [0.29, 0.717) is 69.4 Å². The summed E-state index contributed by atoms with van der Waals surface area (Å²) >= 11 is 0. The molecule has 0 saturated heterocycles. The number of aromatic nitrogens is 4. The fourth-order valence-corrected chi connectivity index (χ4v) is 6.75. The Morgan fingerprint density at radius 2 is 0.946 bits per heavy atom. The lowest BCUT2D eigenvalue weighted by Gasteiger charge is -2.12. The number of carbonyl (C=O) groups excluding carboxylic acids is 2. The molecular weight excluding hydrogens is 728 g/mol. The molecule has 0 radical (unpaired) electrons. The van der Waals surface area contributed by atoms with Gasteiger partial charge in [0.15, 0.2) is 0 Å². The standard InChI is InChI=1S/2C21H17F2N3O2/c2*1-11-20-18(21(27)25-11)12(8-13-6-7-14(28-2)10-24-13)9-17(26-20)19-15(22)4-3-5-16(19)23/h2*3-7,9-11H,8H2,1-2H3,(H,25,27)/t11-;/m1./s1. The summed E-state index contributed by atoms with van der Waals surface area (Å²) in [6.07, 6.45) is 3.80. The van der Waals surface area contributed by atoms with Crippen LogP contribution in [0.25, 0.3) is 22.5 Å². The first-order chi connectivity index (χ1) is 26.9. The fourth-order valence-electron chi connectivity index (χ4n) is 6.75. The van der Waals surface area contributed by atoms with Crippen molar-refractivity contribution in [1.29, 1.82) is 0 Å². The number of halogens is 4. The van der Waals surface area contributed by atoms with Crippen LogP contribution in [0, 0.1) is 23.3 Å². The van der Waals surface area contributed by atoms with Crippen LogP contribution < -0.4 is 20.1 Å². The highest BCUT2D eigenvalue weighted by Crippen LogP contribution is 2.35. The minimum absolute atomic E-state index is 0.154. The molecule has 2 amide bonds. The van der Waals surface area contributed by atoms with Crippen molar-refractivity contribution in [1.82, 2.24) is 30.6 Å². The SMILES string of the molecule is COc1ccc(Cc2cc(-c3c(F)cccc3F)nc3c2C(=O)NC3C)nc1.COc1ccc(Cc2cc(-c3c(F)cccc3F)nc3c2C(=O)N[C@@H]3C)nc1. The van der Waals surface area contributed by atoms with Crippen molar-refractivity contribution in [3.63, 3.8) is 0 Å². The van der Waals surface area contributed by atoms with Crippen LogP contribution in [0.3, 0.4) is 0 Å². The maximum atomic E-state index is 14.3. The monoisotopic (exact) mass is 762 g/mol. The fraction of sp³-hybridized carbons (Fsp3) is 0.190. The average molecular weight is 763 g/mol. The molecule has 1 unspecified atom stereocenters. The highest BCUT2D eigenvalue weighted by atomic mass is 19.1. The van der Waals surface area contributed by atoms with Crippen molar-refractivity contribution in [2.24, 2.45) is 0 Å². The van der Waals surface area contributed by atoms with Crippen molar-refractivity contribution >= 4 is 11.8 Å². The molecule has 6 aromatic rings. The summed E-state index contributed by atoms with van der Waals surface area (Å²) in [7, 11) is 3.10. The number of ether oxygens (including phenoxy) is 2. The summed E-state index contributed by atoms with van der Waals surface area (Å²) in [6, 6.07) is 16.9. The number of pyridine rings is 4. The molecule has 0 aliphatic carbocycles. The van der Waals surface area contributed by atoms with E-state index in [1.807, 2.05) is 0 Å². The molecule has 0 bridgehead atoms. The van der Waals surface area contributed by atoms with Gasteiger partial charge in [-0.05, 0) is 85.6 Å². The molecule has 2 aromatic carbocycles. The average Bonchev–Trinajstić information content (AvgIpc) is 3.64. The van der Waals surface area contributed by atoms with Crippen LogP contribution in [0.5, 0.6) is 11.5 Å². The predicted octanol–water partition coefficient (Wildman–Crippen LogP) is 7.65. The van der Waals surface area contributed by atoms with Gasteiger partial charge in [-0.15, -0.1) is 0 Å². The quantitative estimate of drug-likeness (QED) is 0.152. The molecule has 8 rings (SSSR count). The van der Waals surface area contributed by atoms with Crippen LogP contribution in [-0.4, -0.2) is 46.0 Å². The van der Waals surface area contributed by atoms with E-state index in [1.165, 1.54) is 36.4 Å². The van der Waals surface area contributed by atoms with Gasteiger partial charge in [-0.2, -0.15) is 0 Å². The molecule has 6 heterocycles. The number of carbonyl (C=O) groups is 2. The van der Waals surface area contributed by atoms with E-state index in [2.05, 4.69) is 30.6 Å². The third-order valence-corrected chi connectivity index (χ3v) is 9.48. The molecule has 0 spiro atoms. The van der Waals surface area contributed by atoms with Gasteiger partial charge in [0.2, 0.25) is 0 Å². The van der Waals surface area contributed by atoms with Crippen LogP contribution in [0.2, 0.25) is 0 Å². The molecule has 2 N–H and O–H groups in total. The van der Waals surface area contributed by atoms with Crippen LogP contribution in [0.4, 0.5) is 17.6 Å². The maximum Gasteiger partial charge on any atom is 0.254 e. The van der Waals surface area contributed by atoms with Gasteiger partial charge in [0.1, 0.15) is 34.8 Å². The Morgan fingerprint density at radius 1 is 0.571 bits per heavy atom. The minimum atomic E-state index is -0.703. The van der Waals surface area contributed by atoms with E-state index in [0.717, 1.165) is 0 Å². The van der Waals surface area contributed by atoms with Crippen molar-refractivity contribution in [3.8, 4) is 34.0 Å². The Bertz CT molecular complexity index is 2270. The Balaban J connectivity index is 0.000000172. The predicted molar refractivity (Wildman–Crippen MR) is 198 cm³/mol. The summed E-state index contributed by atoms with van der Waals surface area (Å²) in [5, 5.41) is 5.61. The number of nitrogens with zero attached hydrogens (tertiary/aromatic N) is 4. The molecule has 4 aromatic heterocycles. The van der Waals surface area contributed by atoms with Crippen molar-refractivity contribution in [2.45, 2.75) is 38.8 Å². The van der Waals surface area contributed by atoms with Gasteiger partial charge in [-0.25, -0.2) is 27.5 Å². The number of benzene rings is 2. The zero-order valence-corrected chi connectivity index (χ0v) is 30.6. The zero-order valence-electron chi connectivity index (χ0n) is 30.6. The first kappa shape index (κ1) is 37.6. The lowest BCUT2D eigenvalue weighted by Crippen LogP contribution is -2.17. The summed E-state index contributed by atoms with van der Waals surface area (Å²) in [6.45, 7) is 3.57. The lowest BCUT2D eigenvalue weighted by atomic mass is 9.97. The van der Waals surface area contributed by atoms with E-state index >= 15 is 0 Å². The van der Waals surface area contributed by atoms with Gasteiger partial charge >= 0.3 is 0 Å². The second kappa shape index (κ2) is 15.6. The van der Waals surface area contributed by atoms with E-state index in [1.54, 1.807) is 76.9 Å². The number of methoxy groups -OCH3 is 2. The molecule has 56 heavy (non-hydrogen) atoms. The third kappa shape index (κ3) is 7.37. The maximum absolute atomic E-state index is 14.3. The van der Waals surface area contributed by atoms with Gasteiger partial charge in [0.25, 0.3) is 11.8 Å². The summed E-state index contributed by atoms with van der Waals surface area (Å²) in [5.74, 6) is -2.08. The van der Waals surface area contributed by atoms with Crippen molar-refractivity contribution in [3.05, 3.63) is 153 Å². The highest BCUT2D eigenvalue weighted by molar-refractivity contribution is 6.01. The lowest BCUT2D eigenvalue weighted by molar-refractivity contribution is 0.0949. The second-order valence-electron chi connectivity index (χ2n) is 13.2. The molecule has 2 atom stereocenters. The Hall–Kier alpha value is -6.70. The largest absolute Gasteiger partial charge is 0.495 e. The third-order valence-electron chi connectivity index (χ3n) is 9.48. The number of nitrogens with one attached hydrogen (secondary N) is 2. The molecule has 2 aliphatic rings. The van der Waals surface area contributed by atoms with Gasteiger partial charge in [0.05, 0.1) is 83.7 Å². The zero-order chi connectivity index (χ0) is 39.7. The van der Waals surface area contributed by atoms with E-state index < -0.39 is 23.3 Å². The molecule has 0 saturated carbocycles. The topological polar surface area (TPSA) is 128 Å². The van der Waals surface area contributed by atoms with Crippen LogP contribution >= 0.6 is 0 Å².